The minimum atomic E-state index is 0.278. The first-order valence-corrected chi connectivity index (χ1v) is 6.42. The highest BCUT2D eigenvalue weighted by molar-refractivity contribution is 5.19. The number of aliphatic hydroxyl groups excluding tert-OH is 1. The van der Waals surface area contributed by atoms with Crippen molar-refractivity contribution in [1.29, 1.82) is 0 Å². The van der Waals surface area contributed by atoms with Gasteiger partial charge >= 0.3 is 0 Å². The monoisotopic (exact) mass is 239 g/mol. The van der Waals surface area contributed by atoms with E-state index in [9.17, 15) is 0 Å². The lowest BCUT2D eigenvalue weighted by Crippen LogP contribution is -2.26. The van der Waals surface area contributed by atoms with Gasteiger partial charge in [0.2, 0.25) is 0 Å². The molecule has 1 aromatic rings. The predicted octanol–water partition coefficient (Wildman–Crippen LogP) is 1.79. The fourth-order valence-electron chi connectivity index (χ4n) is 2.13. The summed E-state index contributed by atoms with van der Waals surface area (Å²) in [5.74, 6) is 0.555. The zero-order valence-corrected chi connectivity index (χ0v) is 11.4. The molecular weight excluding hydrogens is 214 g/mol. The van der Waals surface area contributed by atoms with Crippen molar-refractivity contribution in [1.82, 2.24) is 15.1 Å². The van der Waals surface area contributed by atoms with E-state index in [4.69, 9.17) is 5.11 Å². The number of hydrogen-bond acceptors (Lipinski definition) is 3. The Kier molecular flexibility index (Phi) is 5.65. The van der Waals surface area contributed by atoms with Crippen LogP contribution in [0.1, 0.15) is 44.0 Å². The van der Waals surface area contributed by atoms with Gasteiger partial charge in [-0.1, -0.05) is 13.3 Å². The van der Waals surface area contributed by atoms with Crippen molar-refractivity contribution in [3.8, 4) is 0 Å². The van der Waals surface area contributed by atoms with Crippen LogP contribution in [0.3, 0.4) is 0 Å². The maximum Gasteiger partial charge on any atom is 0.0641 e. The Labute approximate surface area is 104 Å². The molecule has 4 nitrogen and oxygen atoms in total. The smallest absolute Gasteiger partial charge is 0.0641 e. The van der Waals surface area contributed by atoms with Gasteiger partial charge in [-0.15, -0.1) is 0 Å². The average molecular weight is 239 g/mol. The summed E-state index contributed by atoms with van der Waals surface area (Å²) in [6, 6.07) is 0.316. The molecule has 0 aliphatic carbocycles. The summed E-state index contributed by atoms with van der Waals surface area (Å²) in [5.41, 5.74) is 2.34. The summed E-state index contributed by atoms with van der Waals surface area (Å²) < 4.78 is 1.86. The summed E-state index contributed by atoms with van der Waals surface area (Å²) in [5, 5.41) is 16.8. The molecule has 0 radical (unpaired) electrons. The molecule has 2 unspecified atom stereocenters. The fraction of sp³-hybridized carbons (Fsp3) is 0.769. The maximum atomic E-state index is 8.96. The van der Waals surface area contributed by atoms with Crippen LogP contribution < -0.4 is 5.32 Å². The van der Waals surface area contributed by atoms with E-state index < -0.39 is 0 Å². The minimum Gasteiger partial charge on any atom is -0.396 e. The third-order valence-electron chi connectivity index (χ3n) is 3.35. The van der Waals surface area contributed by atoms with Crippen molar-refractivity contribution in [2.24, 2.45) is 13.0 Å². The zero-order chi connectivity index (χ0) is 12.8. The number of aromatic nitrogens is 2. The second kappa shape index (κ2) is 6.77. The molecule has 2 atom stereocenters. The molecule has 0 aromatic carbocycles. The van der Waals surface area contributed by atoms with Crippen LogP contribution in [-0.4, -0.2) is 28.0 Å². The Morgan fingerprint density at radius 3 is 2.71 bits per heavy atom. The van der Waals surface area contributed by atoms with Crippen LogP contribution in [-0.2, 0) is 7.05 Å². The fourth-order valence-corrected chi connectivity index (χ4v) is 2.13. The highest BCUT2D eigenvalue weighted by Gasteiger charge is 2.13. The van der Waals surface area contributed by atoms with Crippen LogP contribution >= 0.6 is 0 Å². The summed E-state index contributed by atoms with van der Waals surface area (Å²) in [6.07, 6.45) is 4.05. The van der Waals surface area contributed by atoms with Gasteiger partial charge in [-0.2, -0.15) is 5.10 Å². The van der Waals surface area contributed by atoms with Crippen molar-refractivity contribution >= 4 is 0 Å². The standard InChI is InChI=1S/C13H25N3O/c1-5-12(6-7-17)8-14-10(2)13-9-16(4)15-11(13)3/h9-10,12,14,17H,5-8H2,1-4H3. The topological polar surface area (TPSA) is 50.1 Å². The molecule has 0 saturated heterocycles. The summed E-state index contributed by atoms with van der Waals surface area (Å²) in [6.45, 7) is 7.60. The molecule has 4 heteroatoms. The van der Waals surface area contributed by atoms with Gasteiger partial charge in [0.25, 0.3) is 0 Å². The molecule has 1 heterocycles. The first kappa shape index (κ1) is 14.2. The Morgan fingerprint density at radius 2 is 2.24 bits per heavy atom. The van der Waals surface area contributed by atoms with E-state index in [0.717, 1.165) is 25.1 Å². The molecule has 0 saturated carbocycles. The van der Waals surface area contributed by atoms with Crippen LogP contribution in [0.5, 0.6) is 0 Å². The molecule has 0 bridgehead atoms. The van der Waals surface area contributed by atoms with Gasteiger partial charge in [-0.05, 0) is 32.7 Å². The average Bonchev–Trinajstić information content (AvgIpc) is 2.63. The van der Waals surface area contributed by atoms with Crippen molar-refractivity contribution < 1.29 is 5.11 Å². The molecule has 0 amide bonds. The summed E-state index contributed by atoms with van der Waals surface area (Å²) in [7, 11) is 1.95. The number of aliphatic hydroxyl groups is 1. The van der Waals surface area contributed by atoms with Crippen LogP contribution in [0.4, 0.5) is 0 Å². The lowest BCUT2D eigenvalue weighted by atomic mass is 10.0. The van der Waals surface area contributed by atoms with Gasteiger partial charge in [0.05, 0.1) is 5.69 Å². The van der Waals surface area contributed by atoms with E-state index in [1.165, 1.54) is 5.56 Å². The third-order valence-corrected chi connectivity index (χ3v) is 3.35. The number of hydrogen-bond donors (Lipinski definition) is 2. The van der Waals surface area contributed by atoms with Gasteiger partial charge in [0, 0.05) is 31.5 Å². The molecule has 2 N–H and O–H groups in total. The number of rotatable bonds is 7. The van der Waals surface area contributed by atoms with Crippen LogP contribution in [0.15, 0.2) is 6.20 Å². The molecule has 1 rings (SSSR count). The van der Waals surface area contributed by atoms with Crippen molar-refractivity contribution in [2.75, 3.05) is 13.2 Å². The van der Waals surface area contributed by atoms with Gasteiger partial charge < -0.3 is 10.4 Å². The maximum absolute atomic E-state index is 8.96. The molecule has 98 valence electrons. The molecule has 0 aliphatic rings. The highest BCUT2D eigenvalue weighted by atomic mass is 16.3. The zero-order valence-electron chi connectivity index (χ0n) is 11.4. The Morgan fingerprint density at radius 1 is 1.53 bits per heavy atom. The van der Waals surface area contributed by atoms with Crippen molar-refractivity contribution in [3.63, 3.8) is 0 Å². The van der Waals surface area contributed by atoms with E-state index in [2.05, 4.69) is 30.5 Å². The van der Waals surface area contributed by atoms with Gasteiger partial charge in [-0.3, -0.25) is 4.68 Å². The van der Waals surface area contributed by atoms with Gasteiger partial charge in [-0.25, -0.2) is 0 Å². The van der Waals surface area contributed by atoms with E-state index in [-0.39, 0.29) is 6.61 Å². The molecule has 0 aliphatic heterocycles. The first-order valence-electron chi connectivity index (χ1n) is 6.42. The van der Waals surface area contributed by atoms with Crippen LogP contribution in [0.2, 0.25) is 0 Å². The lowest BCUT2D eigenvalue weighted by molar-refractivity contribution is 0.249. The Hall–Kier alpha value is -0.870. The highest BCUT2D eigenvalue weighted by Crippen LogP contribution is 2.16. The SMILES string of the molecule is CCC(CCO)CNC(C)c1cn(C)nc1C. The quantitative estimate of drug-likeness (QED) is 0.762. The van der Waals surface area contributed by atoms with Crippen molar-refractivity contribution in [2.45, 2.75) is 39.7 Å². The van der Waals surface area contributed by atoms with E-state index in [1.54, 1.807) is 0 Å². The number of aryl methyl sites for hydroxylation is 2. The van der Waals surface area contributed by atoms with Crippen molar-refractivity contribution in [3.05, 3.63) is 17.5 Å². The van der Waals surface area contributed by atoms with Crippen LogP contribution in [0, 0.1) is 12.8 Å². The Bertz CT molecular complexity index is 335. The van der Waals surface area contributed by atoms with Crippen LogP contribution in [0.25, 0.3) is 0 Å². The third kappa shape index (κ3) is 4.13. The summed E-state index contributed by atoms with van der Waals surface area (Å²) >= 11 is 0. The van der Waals surface area contributed by atoms with E-state index in [0.29, 0.717) is 12.0 Å². The Balaban J connectivity index is 2.49. The molecular formula is C13H25N3O. The molecule has 1 aromatic heterocycles. The van der Waals surface area contributed by atoms with Gasteiger partial charge in [0.1, 0.15) is 0 Å². The minimum absolute atomic E-state index is 0.278. The first-order chi connectivity index (χ1) is 8.08. The molecule has 0 fully saturated rings. The lowest BCUT2D eigenvalue weighted by Gasteiger charge is -2.18. The number of nitrogens with zero attached hydrogens (tertiary/aromatic N) is 2. The molecule has 17 heavy (non-hydrogen) atoms. The molecule has 0 spiro atoms. The normalized spacial score (nSPS) is 14.9. The second-order valence-electron chi connectivity index (χ2n) is 4.76. The second-order valence-corrected chi connectivity index (χ2v) is 4.76. The number of nitrogens with one attached hydrogen (secondary N) is 1. The summed E-state index contributed by atoms with van der Waals surface area (Å²) in [4.78, 5) is 0. The van der Waals surface area contributed by atoms with Gasteiger partial charge in [0.15, 0.2) is 0 Å². The predicted molar refractivity (Wildman–Crippen MR) is 69.8 cm³/mol. The largest absolute Gasteiger partial charge is 0.396 e. The van der Waals surface area contributed by atoms with E-state index in [1.807, 2.05) is 18.7 Å². The van der Waals surface area contributed by atoms with E-state index >= 15 is 0 Å².